The van der Waals surface area contributed by atoms with Crippen LogP contribution >= 0.6 is 15.9 Å². The molecule has 0 aliphatic carbocycles. The molecule has 1 aromatic heterocycles. The summed E-state index contributed by atoms with van der Waals surface area (Å²) in [6.45, 7) is 4.46. The second kappa shape index (κ2) is 7.22. The van der Waals surface area contributed by atoms with E-state index < -0.39 is 0 Å². The Kier molecular flexibility index (Phi) is 5.05. The Morgan fingerprint density at radius 1 is 1.17 bits per heavy atom. The van der Waals surface area contributed by atoms with Gasteiger partial charge in [0.25, 0.3) is 0 Å². The fourth-order valence-electron chi connectivity index (χ4n) is 2.79. The zero-order valence-corrected chi connectivity index (χ0v) is 15.4. The summed E-state index contributed by atoms with van der Waals surface area (Å²) in [6, 6.07) is 11.8. The van der Waals surface area contributed by atoms with Crippen LogP contribution < -0.4 is 4.74 Å². The molecule has 0 radical (unpaired) electrons. The Hall–Kier alpha value is -2.07. The standard InChI is InChI=1S/C20H19BrO3/c1-3-4-14-5-6-16(11-22)19(10-14)23-12-15-8-17-7-13(2)24-20(17)18(21)9-15/h5-11H,3-4,12H2,1-2H3. The molecule has 0 unspecified atom stereocenters. The van der Waals surface area contributed by atoms with Crippen LogP contribution in [0.25, 0.3) is 11.0 Å². The van der Waals surface area contributed by atoms with Crippen molar-refractivity contribution >= 4 is 33.2 Å². The maximum absolute atomic E-state index is 11.2. The molecule has 2 aromatic carbocycles. The number of aryl methyl sites for hydroxylation is 2. The van der Waals surface area contributed by atoms with E-state index in [2.05, 4.69) is 22.9 Å². The quantitative estimate of drug-likeness (QED) is 0.498. The highest BCUT2D eigenvalue weighted by Gasteiger charge is 2.09. The van der Waals surface area contributed by atoms with Crippen molar-refractivity contribution in [3.05, 3.63) is 63.3 Å². The molecule has 24 heavy (non-hydrogen) atoms. The molecule has 0 amide bonds. The van der Waals surface area contributed by atoms with Crippen LogP contribution in [0, 0.1) is 6.92 Å². The van der Waals surface area contributed by atoms with Gasteiger partial charge in [-0.1, -0.05) is 19.4 Å². The van der Waals surface area contributed by atoms with E-state index >= 15 is 0 Å². The number of benzene rings is 2. The molecule has 3 aromatic rings. The largest absolute Gasteiger partial charge is 0.488 e. The van der Waals surface area contributed by atoms with Crippen LogP contribution in [0.3, 0.4) is 0 Å². The van der Waals surface area contributed by atoms with Crippen molar-refractivity contribution in [3.8, 4) is 5.75 Å². The summed E-state index contributed by atoms with van der Waals surface area (Å²) in [6.07, 6.45) is 2.87. The molecule has 0 saturated carbocycles. The van der Waals surface area contributed by atoms with Crippen LogP contribution in [0.4, 0.5) is 0 Å². The number of carbonyl (C=O) groups excluding carboxylic acids is 1. The fourth-order valence-corrected chi connectivity index (χ4v) is 3.39. The lowest BCUT2D eigenvalue weighted by atomic mass is 10.1. The summed E-state index contributed by atoms with van der Waals surface area (Å²) >= 11 is 3.54. The first-order valence-electron chi connectivity index (χ1n) is 8.00. The molecular weight excluding hydrogens is 368 g/mol. The number of hydrogen-bond acceptors (Lipinski definition) is 3. The SMILES string of the molecule is CCCc1ccc(C=O)c(OCc2cc(Br)c3oc(C)cc3c2)c1. The zero-order chi connectivity index (χ0) is 17.1. The monoisotopic (exact) mass is 386 g/mol. The molecule has 0 aliphatic heterocycles. The molecule has 0 fully saturated rings. The molecule has 3 nitrogen and oxygen atoms in total. The molecule has 124 valence electrons. The number of aldehydes is 1. The predicted octanol–water partition coefficient (Wildman–Crippen LogP) is 5.85. The number of carbonyl (C=O) groups is 1. The van der Waals surface area contributed by atoms with Gasteiger partial charge in [0.1, 0.15) is 23.7 Å². The van der Waals surface area contributed by atoms with E-state index in [1.807, 2.05) is 43.3 Å². The van der Waals surface area contributed by atoms with Crippen LogP contribution in [0.2, 0.25) is 0 Å². The van der Waals surface area contributed by atoms with Gasteiger partial charge >= 0.3 is 0 Å². The van der Waals surface area contributed by atoms with Gasteiger partial charge in [-0.25, -0.2) is 0 Å². The third kappa shape index (κ3) is 3.54. The summed E-state index contributed by atoms with van der Waals surface area (Å²) in [5.41, 5.74) is 3.62. The van der Waals surface area contributed by atoms with E-state index in [4.69, 9.17) is 9.15 Å². The molecule has 0 saturated heterocycles. The van der Waals surface area contributed by atoms with Gasteiger partial charge < -0.3 is 9.15 Å². The molecule has 0 spiro atoms. The van der Waals surface area contributed by atoms with Gasteiger partial charge in [0.15, 0.2) is 6.29 Å². The maximum atomic E-state index is 11.2. The summed E-state index contributed by atoms with van der Waals surface area (Å²) in [5, 5.41) is 1.04. The van der Waals surface area contributed by atoms with Crippen molar-refractivity contribution < 1.29 is 13.9 Å². The molecular formula is C20H19BrO3. The van der Waals surface area contributed by atoms with E-state index in [1.165, 1.54) is 5.56 Å². The van der Waals surface area contributed by atoms with Crippen molar-refractivity contribution in [2.45, 2.75) is 33.3 Å². The number of ether oxygens (including phenoxy) is 1. The first-order valence-corrected chi connectivity index (χ1v) is 8.79. The number of furan rings is 1. The van der Waals surface area contributed by atoms with Crippen LogP contribution in [0.1, 0.15) is 40.6 Å². The summed E-state index contributed by atoms with van der Waals surface area (Å²) in [5.74, 6) is 1.51. The Morgan fingerprint density at radius 2 is 2.00 bits per heavy atom. The Bertz CT molecular complexity index is 880. The lowest BCUT2D eigenvalue weighted by Gasteiger charge is -2.11. The highest BCUT2D eigenvalue weighted by Crippen LogP contribution is 2.29. The van der Waals surface area contributed by atoms with Crippen molar-refractivity contribution in [1.29, 1.82) is 0 Å². The van der Waals surface area contributed by atoms with Crippen LogP contribution in [-0.2, 0) is 13.0 Å². The van der Waals surface area contributed by atoms with Crippen molar-refractivity contribution in [3.63, 3.8) is 0 Å². The number of rotatable bonds is 6. The summed E-state index contributed by atoms with van der Waals surface area (Å²) in [7, 11) is 0. The topological polar surface area (TPSA) is 39.4 Å². The molecule has 3 rings (SSSR count). The van der Waals surface area contributed by atoms with Crippen molar-refractivity contribution in [2.24, 2.45) is 0 Å². The summed E-state index contributed by atoms with van der Waals surface area (Å²) in [4.78, 5) is 11.2. The first kappa shape index (κ1) is 16.8. The highest BCUT2D eigenvalue weighted by atomic mass is 79.9. The van der Waals surface area contributed by atoms with Crippen LogP contribution in [0.5, 0.6) is 5.75 Å². The molecule has 0 bridgehead atoms. The minimum absolute atomic E-state index is 0.398. The van der Waals surface area contributed by atoms with E-state index in [-0.39, 0.29) is 0 Å². The van der Waals surface area contributed by atoms with Crippen molar-refractivity contribution in [2.75, 3.05) is 0 Å². The Labute approximate surface area is 149 Å². The van der Waals surface area contributed by atoms with Crippen molar-refractivity contribution in [1.82, 2.24) is 0 Å². The second-order valence-electron chi connectivity index (χ2n) is 5.88. The number of halogens is 1. The van der Waals surface area contributed by atoms with E-state index in [0.29, 0.717) is 17.9 Å². The van der Waals surface area contributed by atoms with Gasteiger partial charge in [0.05, 0.1) is 10.0 Å². The lowest BCUT2D eigenvalue weighted by Crippen LogP contribution is -1.99. The van der Waals surface area contributed by atoms with Crippen LogP contribution in [0.15, 0.2) is 45.3 Å². The fraction of sp³-hybridized carbons (Fsp3) is 0.250. The normalized spacial score (nSPS) is 11.0. The van der Waals surface area contributed by atoms with Crippen LogP contribution in [-0.4, -0.2) is 6.29 Å². The van der Waals surface area contributed by atoms with Gasteiger partial charge in [0.2, 0.25) is 0 Å². The lowest BCUT2D eigenvalue weighted by molar-refractivity contribution is 0.111. The van der Waals surface area contributed by atoms with Gasteiger partial charge in [-0.2, -0.15) is 0 Å². The minimum atomic E-state index is 0.398. The third-order valence-corrected chi connectivity index (χ3v) is 4.48. The Morgan fingerprint density at radius 3 is 2.75 bits per heavy atom. The van der Waals surface area contributed by atoms with E-state index in [0.717, 1.165) is 45.9 Å². The zero-order valence-electron chi connectivity index (χ0n) is 13.8. The molecule has 0 atom stereocenters. The smallest absolute Gasteiger partial charge is 0.153 e. The molecule has 0 aliphatic rings. The highest BCUT2D eigenvalue weighted by molar-refractivity contribution is 9.10. The maximum Gasteiger partial charge on any atom is 0.153 e. The van der Waals surface area contributed by atoms with Gasteiger partial charge in [-0.15, -0.1) is 0 Å². The first-order chi connectivity index (χ1) is 11.6. The predicted molar refractivity (Wildman–Crippen MR) is 98.8 cm³/mol. The molecule has 0 N–H and O–H groups in total. The third-order valence-electron chi connectivity index (χ3n) is 3.89. The van der Waals surface area contributed by atoms with Gasteiger partial charge in [-0.05, 0) is 70.7 Å². The number of fused-ring (bicyclic) bond motifs is 1. The van der Waals surface area contributed by atoms with Gasteiger partial charge in [-0.3, -0.25) is 4.79 Å². The van der Waals surface area contributed by atoms with E-state index in [9.17, 15) is 4.79 Å². The minimum Gasteiger partial charge on any atom is -0.488 e. The van der Waals surface area contributed by atoms with E-state index in [1.54, 1.807) is 0 Å². The Balaban J connectivity index is 1.85. The number of hydrogen-bond donors (Lipinski definition) is 0. The summed E-state index contributed by atoms with van der Waals surface area (Å²) < 4.78 is 12.5. The average molecular weight is 387 g/mol. The molecule has 1 heterocycles. The molecule has 4 heteroatoms. The average Bonchev–Trinajstić information content (AvgIpc) is 2.94. The second-order valence-corrected chi connectivity index (χ2v) is 6.74. The van der Waals surface area contributed by atoms with Gasteiger partial charge in [0, 0.05) is 5.39 Å².